The number of thiophene rings is 1. The number of hydrogen-bond acceptors (Lipinski definition) is 3. The van der Waals surface area contributed by atoms with E-state index in [4.69, 9.17) is 4.42 Å². The standard InChI is InChI=1S/C46H29NOS/c1-2-9-30(10-3-1)31-17-22-35(23-18-31)47(37-26-21-33-28-42-40-12-5-7-16-44(40)49-45(42)29-34(33)27-37)36-24-19-32(20-25-36)38-13-8-14-41-39-11-4-6-15-43(39)48-46(38)41/h1-29H. The summed E-state index contributed by atoms with van der Waals surface area (Å²) in [5, 5.41) is 7.41. The molecule has 2 nitrogen and oxygen atoms in total. The molecule has 8 aromatic carbocycles. The number of anilines is 3. The van der Waals surface area contributed by atoms with Crippen molar-refractivity contribution in [2.75, 3.05) is 4.90 Å². The Balaban J connectivity index is 1.10. The molecule has 2 heterocycles. The van der Waals surface area contributed by atoms with Crippen molar-refractivity contribution in [1.29, 1.82) is 0 Å². The summed E-state index contributed by atoms with van der Waals surface area (Å²) in [6, 6.07) is 63.2. The fraction of sp³-hybridized carbons (Fsp3) is 0. The van der Waals surface area contributed by atoms with Crippen LogP contribution in [0.2, 0.25) is 0 Å². The number of fused-ring (bicyclic) bond motifs is 7. The van der Waals surface area contributed by atoms with E-state index >= 15 is 0 Å². The Morgan fingerprint density at radius 2 is 1.04 bits per heavy atom. The van der Waals surface area contributed by atoms with E-state index in [9.17, 15) is 0 Å². The Kier molecular flexibility index (Phi) is 6.39. The lowest BCUT2D eigenvalue weighted by molar-refractivity contribution is 0.670. The summed E-state index contributed by atoms with van der Waals surface area (Å²) in [7, 11) is 0. The SMILES string of the molecule is c1ccc(-c2ccc(N(c3ccc(-c4cccc5c4oc4ccccc45)cc3)c3ccc4cc5c(cc4c3)sc3ccccc35)cc2)cc1. The molecule has 0 amide bonds. The molecule has 230 valence electrons. The van der Waals surface area contributed by atoms with Gasteiger partial charge in [0.05, 0.1) is 0 Å². The van der Waals surface area contributed by atoms with E-state index in [-0.39, 0.29) is 0 Å². The lowest BCUT2D eigenvalue weighted by atomic mass is 10.0. The summed E-state index contributed by atoms with van der Waals surface area (Å²) in [6.07, 6.45) is 0. The minimum atomic E-state index is 0.913. The molecule has 10 rings (SSSR count). The molecule has 0 saturated heterocycles. The Bertz CT molecular complexity index is 2810. The molecule has 0 radical (unpaired) electrons. The molecule has 0 unspecified atom stereocenters. The van der Waals surface area contributed by atoms with Crippen molar-refractivity contribution in [3.63, 3.8) is 0 Å². The maximum atomic E-state index is 6.38. The van der Waals surface area contributed by atoms with E-state index < -0.39 is 0 Å². The van der Waals surface area contributed by atoms with Gasteiger partial charge in [0.1, 0.15) is 11.2 Å². The summed E-state index contributed by atoms with van der Waals surface area (Å²) in [5.41, 5.74) is 9.78. The monoisotopic (exact) mass is 643 g/mol. The predicted octanol–water partition coefficient (Wildman–Crippen LogP) is 13.9. The molecule has 0 spiro atoms. The first-order chi connectivity index (χ1) is 24.3. The topological polar surface area (TPSA) is 16.4 Å². The molecule has 0 aliphatic carbocycles. The van der Waals surface area contributed by atoms with E-state index in [0.717, 1.165) is 50.1 Å². The Morgan fingerprint density at radius 1 is 0.388 bits per heavy atom. The van der Waals surface area contributed by atoms with Gasteiger partial charge in [-0.2, -0.15) is 0 Å². The zero-order valence-corrected chi connectivity index (χ0v) is 27.3. The normalized spacial score (nSPS) is 11.7. The van der Waals surface area contributed by atoms with Gasteiger partial charge in [-0.1, -0.05) is 115 Å². The Morgan fingerprint density at radius 3 is 1.86 bits per heavy atom. The van der Waals surface area contributed by atoms with Crippen LogP contribution in [0.25, 0.3) is 75.1 Å². The van der Waals surface area contributed by atoms with E-state index in [2.05, 4.69) is 169 Å². The second kappa shape index (κ2) is 11.2. The van der Waals surface area contributed by atoms with Gasteiger partial charge in [-0.25, -0.2) is 0 Å². The second-order valence-electron chi connectivity index (χ2n) is 12.6. The van der Waals surface area contributed by atoms with Gasteiger partial charge in [-0.3, -0.25) is 0 Å². The summed E-state index contributed by atoms with van der Waals surface area (Å²) < 4.78 is 9.02. The van der Waals surface area contributed by atoms with Gasteiger partial charge in [0.25, 0.3) is 0 Å². The summed E-state index contributed by atoms with van der Waals surface area (Å²) in [5.74, 6) is 0. The Labute approximate surface area is 287 Å². The average Bonchev–Trinajstić information content (AvgIpc) is 3.73. The maximum absolute atomic E-state index is 6.38. The van der Waals surface area contributed by atoms with Crippen molar-refractivity contribution >= 4 is 81.3 Å². The van der Waals surface area contributed by atoms with Crippen molar-refractivity contribution in [3.05, 3.63) is 176 Å². The Hall–Kier alpha value is -6.16. The van der Waals surface area contributed by atoms with Gasteiger partial charge < -0.3 is 9.32 Å². The molecule has 0 bridgehead atoms. The van der Waals surface area contributed by atoms with Crippen LogP contribution in [0.5, 0.6) is 0 Å². The third-order valence-corrected chi connectivity index (χ3v) is 10.8. The highest BCUT2D eigenvalue weighted by Crippen LogP contribution is 2.42. The molecule has 0 aliphatic rings. The second-order valence-corrected chi connectivity index (χ2v) is 13.6. The first-order valence-electron chi connectivity index (χ1n) is 16.6. The zero-order valence-electron chi connectivity index (χ0n) is 26.5. The molecule has 0 N–H and O–H groups in total. The van der Waals surface area contributed by atoms with Gasteiger partial charge in [0.2, 0.25) is 0 Å². The predicted molar refractivity (Wildman–Crippen MR) is 210 cm³/mol. The van der Waals surface area contributed by atoms with Crippen molar-refractivity contribution in [1.82, 2.24) is 0 Å². The van der Waals surface area contributed by atoms with Crippen molar-refractivity contribution in [2.24, 2.45) is 0 Å². The number of nitrogens with zero attached hydrogens (tertiary/aromatic N) is 1. The first-order valence-corrected chi connectivity index (χ1v) is 17.4. The molecular weight excluding hydrogens is 615 g/mol. The lowest BCUT2D eigenvalue weighted by Crippen LogP contribution is -2.09. The zero-order chi connectivity index (χ0) is 32.3. The van der Waals surface area contributed by atoms with Crippen LogP contribution in [0.15, 0.2) is 180 Å². The quantitative estimate of drug-likeness (QED) is 0.186. The summed E-state index contributed by atoms with van der Waals surface area (Å²) in [6.45, 7) is 0. The van der Waals surface area contributed by atoms with Gasteiger partial charge >= 0.3 is 0 Å². The minimum absolute atomic E-state index is 0.913. The molecule has 0 atom stereocenters. The number of benzene rings is 8. The van der Waals surface area contributed by atoms with Gasteiger partial charge in [-0.05, 0) is 88.1 Å². The van der Waals surface area contributed by atoms with E-state index in [1.165, 1.54) is 42.1 Å². The van der Waals surface area contributed by atoms with Crippen LogP contribution in [0.4, 0.5) is 17.1 Å². The van der Waals surface area contributed by atoms with Crippen LogP contribution >= 0.6 is 11.3 Å². The molecule has 2 aromatic heterocycles. The fourth-order valence-corrected chi connectivity index (χ4v) is 8.38. The molecular formula is C46H29NOS. The van der Waals surface area contributed by atoms with E-state index in [1.807, 2.05) is 23.5 Å². The highest BCUT2D eigenvalue weighted by atomic mass is 32.1. The molecule has 0 saturated carbocycles. The van der Waals surface area contributed by atoms with E-state index in [1.54, 1.807) is 0 Å². The molecule has 0 aliphatic heterocycles. The first kappa shape index (κ1) is 27.9. The molecule has 0 fully saturated rings. The number of hydrogen-bond donors (Lipinski definition) is 0. The van der Waals surface area contributed by atoms with Crippen molar-refractivity contribution in [2.45, 2.75) is 0 Å². The van der Waals surface area contributed by atoms with Gasteiger partial charge in [0, 0.05) is 53.6 Å². The van der Waals surface area contributed by atoms with Crippen molar-refractivity contribution in [3.8, 4) is 22.3 Å². The highest BCUT2D eigenvalue weighted by molar-refractivity contribution is 7.25. The molecule has 10 aromatic rings. The lowest BCUT2D eigenvalue weighted by Gasteiger charge is -2.26. The fourth-order valence-electron chi connectivity index (χ4n) is 7.24. The van der Waals surface area contributed by atoms with Crippen molar-refractivity contribution < 1.29 is 4.42 Å². The van der Waals surface area contributed by atoms with Crippen LogP contribution in [-0.2, 0) is 0 Å². The van der Waals surface area contributed by atoms with Gasteiger partial charge in [0.15, 0.2) is 0 Å². The van der Waals surface area contributed by atoms with E-state index in [0.29, 0.717) is 0 Å². The summed E-state index contributed by atoms with van der Waals surface area (Å²) >= 11 is 1.86. The van der Waals surface area contributed by atoms with Crippen LogP contribution in [0.3, 0.4) is 0 Å². The highest BCUT2D eigenvalue weighted by Gasteiger charge is 2.17. The minimum Gasteiger partial charge on any atom is -0.455 e. The van der Waals surface area contributed by atoms with Crippen LogP contribution in [-0.4, -0.2) is 0 Å². The third kappa shape index (κ3) is 4.70. The number of rotatable bonds is 5. The maximum Gasteiger partial charge on any atom is 0.143 e. The average molecular weight is 644 g/mol. The smallest absolute Gasteiger partial charge is 0.143 e. The third-order valence-electron chi connectivity index (χ3n) is 9.65. The molecule has 49 heavy (non-hydrogen) atoms. The molecule has 3 heteroatoms. The number of furan rings is 1. The van der Waals surface area contributed by atoms with Crippen LogP contribution in [0.1, 0.15) is 0 Å². The van der Waals surface area contributed by atoms with Crippen LogP contribution < -0.4 is 4.90 Å². The largest absolute Gasteiger partial charge is 0.455 e. The number of para-hydroxylation sites is 2. The van der Waals surface area contributed by atoms with Crippen LogP contribution in [0, 0.1) is 0 Å². The summed E-state index contributed by atoms with van der Waals surface area (Å²) in [4.78, 5) is 2.36. The van der Waals surface area contributed by atoms with Gasteiger partial charge in [-0.15, -0.1) is 11.3 Å².